The summed E-state index contributed by atoms with van der Waals surface area (Å²) >= 11 is 0. The summed E-state index contributed by atoms with van der Waals surface area (Å²) < 4.78 is 10.5. The molecule has 1 saturated carbocycles. The van der Waals surface area contributed by atoms with Crippen LogP contribution in [0, 0.1) is 0 Å². The molecule has 18 heavy (non-hydrogen) atoms. The van der Waals surface area contributed by atoms with Crippen molar-refractivity contribution in [2.24, 2.45) is 0 Å². The Kier molecular flexibility index (Phi) is 3.36. The van der Waals surface area contributed by atoms with E-state index in [4.69, 9.17) is 9.47 Å². The van der Waals surface area contributed by atoms with E-state index in [9.17, 15) is 9.59 Å². The summed E-state index contributed by atoms with van der Waals surface area (Å²) in [6.07, 6.45) is 0.957. The van der Waals surface area contributed by atoms with Crippen LogP contribution >= 0.6 is 0 Å². The fourth-order valence-electron chi connectivity index (χ4n) is 2.21. The van der Waals surface area contributed by atoms with Crippen LogP contribution in [0.4, 0.5) is 0 Å². The van der Waals surface area contributed by atoms with E-state index in [1.165, 1.54) is 6.92 Å². The van der Waals surface area contributed by atoms with Gasteiger partial charge >= 0.3 is 11.9 Å². The molecule has 0 aliphatic heterocycles. The van der Waals surface area contributed by atoms with Crippen molar-refractivity contribution in [2.45, 2.75) is 38.4 Å². The van der Waals surface area contributed by atoms with Gasteiger partial charge in [0.05, 0.1) is 5.56 Å². The van der Waals surface area contributed by atoms with Gasteiger partial charge in [0, 0.05) is 19.8 Å². The minimum absolute atomic E-state index is 0.165. The van der Waals surface area contributed by atoms with Gasteiger partial charge < -0.3 is 9.47 Å². The lowest BCUT2D eigenvalue weighted by Crippen LogP contribution is -2.49. The van der Waals surface area contributed by atoms with Crippen molar-refractivity contribution in [1.29, 1.82) is 0 Å². The molecule has 1 aliphatic rings. The quantitative estimate of drug-likeness (QED) is 0.770. The third-order valence-electron chi connectivity index (χ3n) is 2.99. The zero-order chi connectivity index (χ0) is 13.2. The van der Waals surface area contributed by atoms with Crippen LogP contribution in [0.1, 0.15) is 37.0 Å². The van der Waals surface area contributed by atoms with Gasteiger partial charge in [0.2, 0.25) is 0 Å². The number of hydrogen-bond acceptors (Lipinski definition) is 4. The molecule has 0 saturated heterocycles. The van der Waals surface area contributed by atoms with Gasteiger partial charge in [0.1, 0.15) is 11.7 Å². The van der Waals surface area contributed by atoms with Gasteiger partial charge in [0.15, 0.2) is 0 Å². The van der Waals surface area contributed by atoms with Crippen molar-refractivity contribution in [3.63, 3.8) is 0 Å². The molecule has 0 spiro atoms. The summed E-state index contributed by atoms with van der Waals surface area (Å²) in [4.78, 5) is 22.6. The van der Waals surface area contributed by atoms with Crippen LogP contribution in [0.5, 0.6) is 0 Å². The summed E-state index contributed by atoms with van der Waals surface area (Å²) in [5.41, 5.74) is 0.0617. The van der Waals surface area contributed by atoms with E-state index in [1.54, 1.807) is 24.3 Å². The molecule has 0 atom stereocenters. The largest absolute Gasteiger partial charge is 0.459 e. The smallest absolute Gasteiger partial charge is 0.338 e. The lowest BCUT2D eigenvalue weighted by atomic mass is 9.79. The Balaban J connectivity index is 1.84. The minimum atomic E-state index is -0.479. The van der Waals surface area contributed by atoms with Crippen molar-refractivity contribution >= 4 is 11.9 Å². The summed E-state index contributed by atoms with van der Waals surface area (Å²) in [7, 11) is 0. The van der Waals surface area contributed by atoms with Gasteiger partial charge in [-0.2, -0.15) is 0 Å². The first-order chi connectivity index (χ1) is 8.48. The van der Waals surface area contributed by atoms with Gasteiger partial charge in [-0.3, -0.25) is 4.79 Å². The molecule has 0 unspecified atom stereocenters. The van der Waals surface area contributed by atoms with Crippen LogP contribution in [-0.2, 0) is 14.3 Å². The van der Waals surface area contributed by atoms with Gasteiger partial charge in [-0.25, -0.2) is 4.79 Å². The highest BCUT2D eigenvalue weighted by Gasteiger charge is 2.45. The fraction of sp³-hybridized carbons (Fsp3) is 0.429. The third-order valence-corrected chi connectivity index (χ3v) is 2.99. The van der Waals surface area contributed by atoms with Crippen LogP contribution in [-0.4, -0.2) is 23.6 Å². The summed E-state index contributed by atoms with van der Waals surface area (Å²) in [6, 6.07) is 8.86. The van der Waals surface area contributed by atoms with Crippen molar-refractivity contribution in [3.8, 4) is 0 Å². The van der Waals surface area contributed by atoms with Crippen LogP contribution < -0.4 is 0 Å². The van der Waals surface area contributed by atoms with E-state index >= 15 is 0 Å². The molecule has 4 heteroatoms. The second kappa shape index (κ2) is 4.80. The number of benzene rings is 1. The van der Waals surface area contributed by atoms with E-state index < -0.39 is 5.60 Å². The van der Waals surface area contributed by atoms with E-state index in [-0.39, 0.29) is 18.0 Å². The Bertz CT molecular complexity index is 446. The highest BCUT2D eigenvalue weighted by Crippen LogP contribution is 2.38. The van der Waals surface area contributed by atoms with Gasteiger partial charge in [0.25, 0.3) is 0 Å². The molecule has 0 amide bonds. The first kappa shape index (κ1) is 12.6. The van der Waals surface area contributed by atoms with Crippen LogP contribution in [0.25, 0.3) is 0 Å². The fourth-order valence-corrected chi connectivity index (χ4v) is 2.21. The number of carbonyl (C=O) groups excluding carboxylic acids is 2. The summed E-state index contributed by atoms with van der Waals surface area (Å²) in [5, 5.41) is 0. The molecule has 0 N–H and O–H groups in total. The molecule has 0 heterocycles. The highest BCUT2D eigenvalue weighted by molar-refractivity contribution is 5.89. The zero-order valence-electron chi connectivity index (χ0n) is 10.5. The molecule has 4 nitrogen and oxygen atoms in total. The van der Waals surface area contributed by atoms with Gasteiger partial charge in [-0.15, -0.1) is 0 Å². The molecule has 1 aromatic rings. The molecular weight excluding hydrogens is 232 g/mol. The summed E-state index contributed by atoms with van der Waals surface area (Å²) in [5.74, 6) is -0.629. The normalized spacial score (nSPS) is 26.0. The molecule has 2 rings (SSSR count). The molecule has 0 radical (unpaired) electrons. The zero-order valence-corrected chi connectivity index (χ0v) is 10.5. The Labute approximate surface area is 106 Å². The number of ether oxygens (including phenoxy) is 2. The highest BCUT2D eigenvalue weighted by atomic mass is 16.6. The molecule has 1 aliphatic carbocycles. The van der Waals surface area contributed by atoms with Crippen molar-refractivity contribution in [3.05, 3.63) is 35.9 Å². The Hall–Kier alpha value is -1.84. The van der Waals surface area contributed by atoms with Crippen LogP contribution in [0.3, 0.4) is 0 Å². The number of rotatable bonds is 3. The minimum Gasteiger partial charge on any atom is -0.459 e. The van der Waals surface area contributed by atoms with Crippen molar-refractivity contribution < 1.29 is 19.1 Å². The monoisotopic (exact) mass is 248 g/mol. The maximum atomic E-state index is 11.8. The Morgan fingerprint density at radius 1 is 1.22 bits per heavy atom. The molecule has 0 aromatic heterocycles. The van der Waals surface area contributed by atoms with Crippen molar-refractivity contribution in [2.75, 3.05) is 0 Å². The second-order valence-electron chi connectivity index (χ2n) is 4.85. The predicted octanol–water partition coefficient (Wildman–Crippen LogP) is 2.33. The van der Waals surface area contributed by atoms with Gasteiger partial charge in [-0.05, 0) is 19.1 Å². The average molecular weight is 248 g/mol. The van der Waals surface area contributed by atoms with E-state index in [1.807, 2.05) is 13.0 Å². The van der Waals surface area contributed by atoms with Gasteiger partial charge in [-0.1, -0.05) is 18.2 Å². The molecule has 0 bridgehead atoms. The number of esters is 2. The predicted molar refractivity (Wildman–Crippen MR) is 65.1 cm³/mol. The van der Waals surface area contributed by atoms with E-state index in [0.717, 1.165) is 0 Å². The first-order valence-corrected chi connectivity index (χ1v) is 5.94. The van der Waals surface area contributed by atoms with Crippen molar-refractivity contribution in [1.82, 2.24) is 0 Å². The molecular formula is C14H16O4. The van der Waals surface area contributed by atoms with Crippen LogP contribution in [0.2, 0.25) is 0 Å². The maximum absolute atomic E-state index is 11.8. The topological polar surface area (TPSA) is 52.6 Å². The SMILES string of the molecule is CC(=O)OC1(C)CC(OC(=O)c2ccccc2)C1. The Morgan fingerprint density at radius 3 is 2.39 bits per heavy atom. The number of carbonyl (C=O) groups is 2. The lowest BCUT2D eigenvalue weighted by Gasteiger charge is -2.43. The second-order valence-corrected chi connectivity index (χ2v) is 4.85. The van der Waals surface area contributed by atoms with E-state index in [2.05, 4.69) is 0 Å². The molecule has 1 aromatic carbocycles. The third kappa shape index (κ3) is 2.88. The molecule has 96 valence electrons. The lowest BCUT2D eigenvalue weighted by molar-refractivity contribution is -0.177. The molecule has 1 fully saturated rings. The standard InChI is InChI=1S/C14H16O4/c1-10(15)18-14(2)8-12(9-14)17-13(16)11-6-4-3-5-7-11/h3-7,12H,8-9H2,1-2H3. The maximum Gasteiger partial charge on any atom is 0.338 e. The average Bonchev–Trinajstić information content (AvgIpc) is 2.27. The summed E-state index contributed by atoms with van der Waals surface area (Å²) in [6.45, 7) is 3.23. The van der Waals surface area contributed by atoms with E-state index in [0.29, 0.717) is 18.4 Å². The number of hydrogen-bond donors (Lipinski definition) is 0. The Morgan fingerprint density at radius 2 is 1.83 bits per heavy atom. The van der Waals surface area contributed by atoms with Crippen LogP contribution in [0.15, 0.2) is 30.3 Å². The first-order valence-electron chi connectivity index (χ1n) is 5.94.